The Labute approximate surface area is 148 Å². The summed E-state index contributed by atoms with van der Waals surface area (Å²) >= 11 is 0. The van der Waals surface area contributed by atoms with Crippen LogP contribution in [-0.2, 0) is 11.2 Å². The second-order valence-corrected chi connectivity index (χ2v) is 5.94. The predicted molar refractivity (Wildman–Crippen MR) is 102 cm³/mol. The molecule has 3 aromatic carbocycles. The van der Waals surface area contributed by atoms with Gasteiger partial charge in [0, 0.05) is 11.3 Å². The van der Waals surface area contributed by atoms with Crippen molar-refractivity contribution in [3.8, 4) is 16.9 Å². The quantitative estimate of drug-likeness (QED) is 0.725. The second kappa shape index (κ2) is 7.67. The Kier molecular flexibility index (Phi) is 5.14. The first-order valence-corrected chi connectivity index (χ1v) is 8.25. The van der Waals surface area contributed by atoms with Crippen LogP contribution in [0.3, 0.4) is 0 Å². The molecule has 3 rings (SSSR count). The van der Waals surface area contributed by atoms with E-state index < -0.39 is 0 Å². The summed E-state index contributed by atoms with van der Waals surface area (Å²) < 4.78 is 5.26. The van der Waals surface area contributed by atoms with E-state index in [1.165, 1.54) is 0 Å². The number of methoxy groups -OCH3 is 1. The van der Waals surface area contributed by atoms with Crippen LogP contribution >= 0.6 is 0 Å². The summed E-state index contributed by atoms with van der Waals surface area (Å²) in [6.45, 7) is 1.98. The number of aryl methyl sites for hydroxylation is 1. The van der Waals surface area contributed by atoms with Gasteiger partial charge in [0.15, 0.2) is 0 Å². The maximum Gasteiger partial charge on any atom is 0.228 e. The monoisotopic (exact) mass is 331 g/mol. The molecule has 25 heavy (non-hydrogen) atoms. The first kappa shape index (κ1) is 16.8. The Morgan fingerprint density at radius 1 is 0.960 bits per heavy atom. The fourth-order valence-corrected chi connectivity index (χ4v) is 2.89. The maximum atomic E-state index is 12.5. The average Bonchev–Trinajstić information content (AvgIpc) is 2.63. The number of rotatable bonds is 5. The number of hydrogen-bond acceptors (Lipinski definition) is 2. The van der Waals surface area contributed by atoms with E-state index in [-0.39, 0.29) is 5.91 Å². The molecular weight excluding hydrogens is 310 g/mol. The van der Waals surface area contributed by atoms with Gasteiger partial charge < -0.3 is 10.1 Å². The minimum atomic E-state index is -0.0343. The largest absolute Gasteiger partial charge is 0.496 e. The normalized spacial score (nSPS) is 10.3. The van der Waals surface area contributed by atoms with E-state index in [0.29, 0.717) is 6.42 Å². The van der Waals surface area contributed by atoms with Gasteiger partial charge in [0.05, 0.1) is 13.5 Å². The van der Waals surface area contributed by atoms with Crippen molar-refractivity contribution in [2.75, 3.05) is 12.4 Å². The molecule has 0 aromatic heterocycles. The minimum Gasteiger partial charge on any atom is -0.496 e. The molecule has 0 radical (unpaired) electrons. The first-order chi connectivity index (χ1) is 12.2. The Balaban J connectivity index is 1.77. The zero-order chi connectivity index (χ0) is 17.6. The van der Waals surface area contributed by atoms with Gasteiger partial charge in [-0.05, 0) is 35.7 Å². The number of benzene rings is 3. The molecule has 0 fully saturated rings. The number of para-hydroxylation sites is 1. The molecule has 0 atom stereocenters. The number of amides is 1. The Hall–Kier alpha value is -3.07. The standard InChI is InChI=1S/C22H21NO2/c1-16-14-17(12-13-21(16)25-2)15-22(24)23-20-11-7-6-10-19(20)18-8-4-3-5-9-18/h3-14H,15H2,1-2H3,(H,23,24). The van der Waals surface area contributed by atoms with Crippen LogP contribution in [0.4, 0.5) is 5.69 Å². The molecule has 0 saturated carbocycles. The third-order valence-electron chi connectivity index (χ3n) is 4.11. The number of hydrogen-bond donors (Lipinski definition) is 1. The van der Waals surface area contributed by atoms with Crippen LogP contribution in [0.25, 0.3) is 11.1 Å². The molecule has 1 N–H and O–H groups in total. The molecule has 0 bridgehead atoms. The fourth-order valence-electron chi connectivity index (χ4n) is 2.89. The fraction of sp³-hybridized carbons (Fsp3) is 0.136. The van der Waals surface area contributed by atoms with Crippen molar-refractivity contribution in [1.29, 1.82) is 0 Å². The molecule has 0 unspecified atom stereocenters. The van der Waals surface area contributed by atoms with E-state index in [1.807, 2.05) is 79.7 Å². The number of nitrogens with one attached hydrogen (secondary N) is 1. The smallest absolute Gasteiger partial charge is 0.228 e. The van der Waals surface area contributed by atoms with E-state index in [1.54, 1.807) is 7.11 Å². The Morgan fingerprint density at radius 3 is 2.40 bits per heavy atom. The highest BCUT2D eigenvalue weighted by Crippen LogP contribution is 2.27. The van der Waals surface area contributed by atoms with Crippen molar-refractivity contribution in [3.63, 3.8) is 0 Å². The third kappa shape index (κ3) is 4.07. The third-order valence-corrected chi connectivity index (χ3v) is 4.11. The molecule has 0 aliphatic carbocycles. The lowest BCUT2D eigenvalue weighted by molar-refractivity contribution is -0.115. The van der Waals surface area contributed by atoms with E-state index in [4.69, 9.17) is 4.74 Å². The van der Waals surface area contributed by atoms with Gasteiger partial charge in [0.2, 0.25) is 5.91 Å². The Bertz CT molecular complexity index is 872. The molecule has 3 heteroatoms. The summed E-state index contributed by atoms with van der Waals surface area (Å²) in [7, 11) is 1.65. The van der Waals surface area contributed by atoms with Gasteiger partial charge in [0.25, 0.3) is 0 Å². The molecule has 3 aromatic rings. The molecule has 3 nitrogen and oxygen atoms in total. The number of ether oxygens (including phenoxy) is 1. The van der Waals surface area contributed by atoms with E-state index in [2.05, 4.69) is 5.32 Å². The SMILES string of the molecule is COc1ccc(CC(=O)Nc2ccccc2-c2ccccc2)cc1C. The van der Waals surface area contributed by atoms with Gasteiger partial charge in [-0.1, -0.05) is 60.7 Å². The van der Waals surface area contributed by atoms with Crippen LogP contribution in [0.15, 0.2) is 72.8 Å². The van der Waals surface area contributed by atoms with Crippen LogP contribution in [0, 0.1) is 6.92 Å². The Morgan fingerprint density at radius 2 is 1.68 bits per heavy atom. The van der Waals surface area contributed by atoms with Crippen LogP contribution in [0.5, 0.6) is 5.75 Å². The predicted octanol–water partition coefficient (Wildman–Crippen LogP) is 4.85. The molecule has 0 aliphatic rings. The molecular formula is C22H21NO2. The van der Waals surface area contributed by atoms with Crippen LogP contribution in [0.1, 0.15) is 11.1 Å². The van der Waals surface area contributed by atoms with Gasteiger partial charge in [-0.25, -0.2) is 0 Å². The van der Waals surface area contributed by atoms with E-state index in [0.717, 1.165) is 33.7 Å². The second-order valence-electron chi connectivity index (χ2n) is 5.94. The molecule has 126 valence electrons. The number of anilines is 1. The summed E-state index contributed by atoms with van der Waals surface area (Å²) in [4.78, 5) is 12.5. The van der Waals surface area contributed by atoms with E-state index in [9.17, 15) is 4.79 Å². The van der Waals surface area contributed by atoms with Gasteiger partial charge in [-0.15, -0.1) is 0 Å². The summed E-state index contributed by atoms with van der Waals surface area (Å²) in [5.74, 6) is 0.798. The van der Waals surface area contributed by atoms with Crippen molar-refractivity contribution in [3.05, 3.63) is 83.9 Å². The lowest BCUT2D eigenvalue weighted by atomic mass is 10.0. The molecule has 0 aliphatic heterocycles. The van der Waals surface area contributed by atoms with Crippen LogP contribution in [-0.4, -0.2) is 13.0 Å². The number of carbonyl (C=O) groups excluding carboxylic acids is 1. The van der Waals surface area contributed by atoms with Crippen molar-refractivity contribution in [2.24, 2.45) is 0 Å². The number of carbonyl (C=O) groups is 1. The zero-order valence-corrected chi connectivity index (χ0v) is 14.5. The summed E-state index contributed by atoms with van der Waals surface area (Å²) in [5.41, 5.74) is 4.91. The highest BCUT2D eigenvalue weighted by molar-refractivity contribution is 5.96. The van der Waals surface area contributed by atoms with Gasteiger partial charge in [-0.3, -0.25) is 4.79 Å². The van der Waals surface area contributed by atoms with Gasteiger partial charge in [0.1, 0.15) is 5.75 Å². The minimum absolute atomic E-state index is 0.0343. The molecule has 1 amide bonds. The molecule has 0 heterocycles. The van der Waals surface area contributed by atoms with E-state index >= 15 is 0 Å². The average molecular weight is 331 g/mol. The van der Waals surface area contributed by atoms with Crippen molar-refractivity contribution < 1.29 is 9.53 Å². The highest BCUT2D eigenvalue weighted by atomic mass is 16.5. The van der Waals surface area contributed by atoms with Crippen molar-refractivity contribution >= 4 is 11.6 Å². The van der Waals surface area contributed by atoms with Crippen molar-refractivity contribution in [2.45, 2.75) is 13.3 Å². The zero-order valence-electron chi connectivity index (χ0n) is 14.5. The lowest BCUT2D eigenvalue weighted by Gasteiger charge is -2.12. The first-order valence-electron chi connectivity index (χ1n) is 8.25. The molecule has 0 spiro atoms. The van der Waals surface area contributed by atoms with Crippen LogP contribution in [0.2, 0.25) is 0 Å². The van der Waals surface area contributed by atoms with Gasteiger partial charge in [-0.2, -0.15) is 0 Å². The summed E-state index contributed by atoms with van der Waals surface area (Å²) in [5, 5.41) is 3.04. The van der Waals surface area contributed by atoms with Gasteiger partial charge >= 0.3 is 0 Å². The summed E-state index contributed by atoms with van der Waals surface area (Å²) in [6, 6.07) is 23.7. The highest BCUT2D eigenvalue weighted by Gasteiger charge is 2.10. The van der Waals surface area contributed by atoms with Crippen LogP contribution < -0.4 is 10.1 Å². The molecule has 0 saturated heterocycles. The van der Waals surface area contributed by atoms with Crippen molar-refractivity contribution in [1.82, 2.24) is 0 Å². The summed E-state index contributed by atoms with van der Waals surface area (Å²) in [6.07, 6.45) is 0.327. The maximum absolute atomic E-state index is 12.5. The topological polar surface area (TPSA) is 38.3 Å². The lowest BCUT2D eigenvalue weighted by Crippen LogP contribution is -2.15.